The van der Waals surface area contributed by atoms with E-state index in [1.807, 2.05) is 13.0 Å². The van der Waals surface area contributed by atoms with Crippen LogP contribution in [0, 0.1) is 5.41 Å². The Labute approximate surface area is 115 Å². The first-order chi connectivity index (χ1) is 8.33. The van der Waals surface area contributed by atoms with Gasteiger partial charge in [-0.15, -0.1) is 0 Å². The minimum atomic E-state index is 0.191. The zero-order chi connectivity index (χ0) is 13.8. The molecule has 0 heterocycles. The van der Waals surface area contributed by atoms with Crippen LogP contribution in [0.15, 0.2) is 28.4 Å². The molecule has 3 nitrogen and oxygen atoms in total. The molecule has 0 aromatic carbocycles. The lowest BCUT2D eigenvalue weighted by Gasteiger charge is -2.32. The number of thiocarbonyl (C=S) groups is 1. The zero-order valence-corrected chi connectivity index (χ0v) is 12.5. The molecular formula is C14H23N3S. The van der Waals surface area contributed by atoms with Gasteiger partial charge in [0.2, 0.25) is 0 Å². The standard InChI is InChI=1S/C14H23N3S/c1-10-6-5-9-14(3,4)12(10)8-7-11(2)16-17-13(15)18/h7-8H,5-6,9H2,1-4H3,(H3,15,17,18)/b8-7+,16-11-. The number of nitrogens with one attached hydrogen (secondary N) is 1. The van der Waals surface area contributed by atoms with E-state index in [0.717, 1.165) is 5.71 Å². The zero-order valence-electron chi connectivity index (χ0n) is 11.7. The van der Waals surface area contributed by atoms with Crippen molar-refractivity contribution in [1.29, 1.82) is 0 Å². The fraction of sp³-hybridized carbons (Fsp3) is 0.571. The highest BCUT2D eigenvalue weighted by Crippen LogP contribution is 2.40. The van der Waals surface area contributed by atoms with Gasteiger partial charge in [-0.1, -0.05) is 25.5 Å². The number of allylic oxidation sites excluding steroid dienone is 4. The third-order valence-corrected chi connectivity index (χ3v) is 3.47. The fourth-order valence-corrected chi connectivity index (χ4v) is 2.44. The lowest BCUT2D eigenvalue weighted by molar-refractivity contribution is 0.377. The van der Waals surface area contributed by atoms with E-state index in [9.17, 15) is 0 Å². The van der Waals surface area contributed by atoms with Crippen LogP contribution >= 0.6 is 12.2 Å². The molecule has 0 radical (unpaired) electrons. The molecule has 18 heavy (non-hydrogen) atoms. The average Bonchev–Trinajstić information content (AvgIpc) is 2.24. The quantitative estimate of drug-likeness (QED) is 0.468. The summed E-state index contributed by atoms with van der Waals surface area (Å²) in [5, 5.41) is 4.26. The molecule has 1 aliphatic carbocycles. The molecular weight excluding hydrogens is 242 g/mol. The highest BCUT2D eigenvalue weighted by molar-refractivity contribution is 7.80. The molecule has 100 valence electrons. The molecule has 1 aliphatic rings. The molecule has 4 heteroatoms. The summed E-state index contributed by atoms with van der Waals surface area (Å²) in [7, 11) is 0. The maximum Gasteiger partial charge on any atom is 0.184 e. The second-order valence-electron chi connectivity index (χ2n) is 5.49. The number of hydrogen-bond acceptors (Lipinski definition) is 2. The van der Waals surface area contributed by atoms with Crippen LogP contribution in [0.4, 0.5) is 0 Å². The largest absolute Gasteiger partial charge is 0.375 e. The molecule has 1 rings (SSSR count). The Morgan fingerprint density at radius 3 is 2.72 bits per heavy atom. The van der Waals surface area contributed by atoms with E-state index in [0.29, 0.717) is 0 Å². The summed E-state index contributed by atoms with van der Waals surface area (Å²) in [6, 6.07) is 0. The van der Waals surface area contributed by atoms with Crippen molar-refractivity contribution in [2.45, 2.75) is 47.0 Å². The first kappa shape index (κ1) is 14.9. The van der Waals surface area contributed by atoms with Crippen molar-refractivity contribution in [3.63, 3.8) is 0 Å². The van der Waals surface area contributed by atoms with Crippen molar-refractivity contribution < 1.29 is 0 Å². The molecule has 0 aromatic heterocycles. The Balaban J connectivity index is 2.82. The predicted octanol–water partition coefficient (Wildman–Crippen LogP) is 3.28. The Morgan fingerprint density at radius 1 is 1.50 bits per heavy atom. The van der Waals surface area contributed by atoms with E-state index in [1.165, 1.54) is 30.4 Å². The first-order valence-corrected chi connectivity index (χ1v) is 6.72. The number of nitrogens with two attached hydrogens (primary N) is 1. The van der Waals surface area contributed by atoms with Gasteiger partial charge in [-0.05, 0) is 62.4 Å². The van der Waals surface area contributed by atoms with Gasteiger partial charge in [-0.25, -0.2) is 0 Å². The third kappa shape index (κ3) is 4.26. The van der Waals surface area contributed by atoms with Crippen LogP contribution in [-0.2, 0) is 0 Å². The van der Waals surface area contributed by atoms with Crippen LogP contribution in [-0.4, -0.2) is 10.8 Å². The molecule has 0 fully saturated rings. The van der Waals surface area contributed by atoms with Crippen LogP contribution in [0.3, 0.4) is 0 Å². The van der Waals surface area contributed by atoms with Gasteiger partial charge in [0.1, 0.15) is 0 Å². The van der Waals surface area contributed by atoms with Crippen molar-refractivity contribution in [2.24, 2.45) is 16.3 Å². The van der Waals surface area contributed by atoms with Gasteiger partial charge >= 0.3 is 0 Å². The van der Waals surface area contributed by atoms with Gasteiger partial charge in [0, 0.05) is 0 Å². The summed E-state index contributed by atoms with van der Waals surface area (Å²) in [6.07, 6.45) is 7.91. The van der Waals surface area contributed by atoms with Crippen LogP contribution in [0.25, 0.3) is 0 Å². The van der Waals surface area contributed by atoms with E-state index in [1.54, 1.807) is 0 Å². The molecule has 3 N–H and O–H groups in total. The Morgan fingerprint density at radius 2 is 2.17 bits per heavy atom. The highest BCUT2D eigenvalue weighted by Gasteiger charge is 2.26. The van der Waals surface area contributed by atoms with Crippen molar-refractivity contribution in [2.75, 3.05) is 0 Å². The van der Waals surface area contributed by atoms with Crippen LogP contribution in [0.5, 0.6) is 0 Å². The van der Waals surface area contributed by atoms with Crippen LogP contribution < -0.4 is 11.2 Å². The summed E-state index contributed by atoms with van der Waals surface area (Å²) in [5.41, 5.74) is 12.0. The molecule has 0 aliphatic heterocycles. The Hall–Kier alpha value is -1.16. The lowest BCUT2D eigenvalue weighted by Crippen LogP contribution is -2.24. The first-order valence-electron chi connectivity index (χ1n) is 6.31. The highest BCUT2D eigenvalue weighted by atomic mass is 32.1. The van der Waals surface area contributed by atoms with Gasteiger partial charge < -0.3 is 5.73 Å². The smallest absolute Gasteiger partial charge is 0.184 e. The van der Waals surface area contributed by atoms with E-state index in [-0.39, 0.29) is 10.5 Å². The number of hydrogen-bond donors (Lipinski definition) is 2. The van der Waals surface area contributed by atoms with Gasteiger partial charge in [0.15, 0.2) is 5.11 Å². The van der Waals surface area contributed by atoms with E-state index in [2.05, 4.69) is 37.4 Å². The minimum Gasteiger partial charge on any atom is -0.375 e. The molecule has 0 unspecified atom stereocenters. The second kappa shape index (κ2) is 6.14. The summed E-state index contributed by atoms with van der Waals surface area (Å²) in [4.78, 5) is 0. The monoisotopic (exact) mass is 265 g/mol. The number of nitrogens with zero attached hydrogens (tertiary/aromatic N) is 1. The normalized spacial score (nSPS) is 20.3. The number of hydrazone groups is 1. The van der Waals surface area contributed by atoms with Gasteiger partial charge in [-0.2, -0.15) is 5.10 Å². The predicted molar refractivity (Wildman–Crippen MR) is 82.5 cm³/mol. The maximum absolute atomic E-state index is 5.32. The summed E-state index contributed by atoms with van der Waals surface area (Å²) >= 11 is 4.70. The van der Waals surface area contributed by atoms with Gasteiger partial charge in [0.25, 0.3) is 0 Å². The molecule has 0 saturated carbocycles. The summed E-state index contributed by atoms with van der Waals surface area (Å²) in [5.74, 6) is 0. The SMILES string of the molecule is CC1=C(/C=C/C(C)=N\NC(N)=S)C(C)(C)CCC1. The number of rotatable bonds is 3. The fourth-order valence-electron chi connectivity index (χ4n) is 2.39. The van der Waals surface area contributed by atoms with Crippen molar-refractivity contribution >= 4 is 23.0 Å². The summed E-state index contributed by atoms with van der Waals surface area (Å²) < 4.78 is 0. The van der Waals surface area contributed by atoms with E-state index >= 15 is 0 Å². The Kier molecular flexibility index (Phi) is 5.08. The van der Waals surface area contributed by atoms with Crippen LogP contribution in [0.2, 0.25) is 0 Å². The molecule has 0 atom stereocenters. The Bertz CT molecular complexity index is 417. The van der Waals surface area contributed by atoms with Gasteiger partial charge in [-0.3, -0.25) is 5.43 Å². The minimum absolute atomic E-state index is 0.191. The van der Waals surface area contributed by atoms with Crippen molar-refractivity contribution in [3.05, 3.63) is 23.3 Å². The topological polar surface area (TPSA) is 50.4 Å². The van der Waals surface area contributed by atoms with E-state index in [4.69, 9.17) is 18.0 Å². The average molecular weight is 265 g/mol. The molecule has 0 bridgehead atoms. The lowest BCUT2D eigenvalue weighted by atomic mass is 9.72. The van der Waals surface area contributed by atoms with Crippen molar-refractivity contribution in [1.82, 2.24) is 5.43 Å². The van der Waals surface area contributed by atoms with Crippen molar-refractivity contribution in [3.8, 4) is 0 Å². The summed E-state index contributed by atoms with van der Waals surface area (Å²) in [6.45, 7) is 8.75. The third-order valence-electron chi connectivity index (χ3n) is 3.38. The van der Waals surface area contributed by atoms with Crippen LogP contribution in [0.1, 0.15) is 47.0 Å². The molecule has 0 aromatic rings. The second-order valence-corrected chi connectivity index (χ2v) is 5.93. The maximum atomic E-state index is 5.32. The molecule has 0 spiro atoms. The van der Waals surface area contributed by atoms with E-state index < -0.39 is 0 Å². The molecule has 0 amide bonds. The molecule has 0 saturated heterocycles. The van der Waals surface area contributed by atoms with Gasteiger partial charge in [0.05, 0.1) is 5.71 Å².